The zero-order valence-electron chi connectivity index (χ0n) is 38.5. The summed E-state index contributed by atoms with van der Waals surface area (Å²) >= 11 is 3.41. The Bertz CT molecular complexity index is 2310. The predicted octanol–water partition coefficient (Wildman–Crippen LogP) is 8.02. The van der Waals surface area contributed by atoms with Gasteiger partial charge in [0.25, 0.3) is 0 Å². The van der Waals surface area contributed by atoms with E-state index in [1.807, 2.05) is 23.4 Å². The Kier molecular flexibility index (Phi) is 16.6. The maximum atomic E-state index is 5.68. The SMILES string of the molecule is CC(C)(C)[Si](C)(C)n1cc(-c2cncs2)c2cc(C3CCC(N4CCCOCC4)CC3)cnc21.[Na+].[OH-].c1ncc(-c2c[nH]c3ncc(C4CCC(N5CCCOCC5)CC4)cc23)s1. The first-order chi connectivity index (χ1) is 29.6. The second-order valence-electron chi connectivity index (χ2n) is 19.5. The van der Waals surface area contributed by atoms with Crippen LogP contribution < -0.4 is 29.6 Å². The molecule has 8 heterocycles. The molecule has 15 heteroatoms. The molecule has 0 bridgehead atoms. The zero-order valence-corrected chi connectivity index (χ0v) is 43.2. The van der Waals surface area contributed by atoms with Crippen molar-refractivity contribution in [2.24, 2.45) is 0 Å². The molecule has 0 radical (unpaired) electrons. The van der Waals surface area contributed by atoms with Gasteiger partial charge in [-0.1, -0.05) is 33.9 Å². The van der Waals surface area contributed by atoms with E-state index < -0.39 is 8.24 Å². The van der Waals surface area contributed by atoms with Gasteiger partial charge in [0.1, 0.15) is 11.3 Å². The van der Waals surface area contributed by atoms with Gasteiger partial charge in [-0.2, -0.15) is 0 Å². The summed E-state index contributed by atoms with van der Waals surface area (Å²) in [6.45, 7) is 20.3. The minimum absolute atomic E-state index is 0. The average Bonchev–Trinajstić information content (AvgIpc) is 4.07. The Balaban J connectivity index is 0.000000187. The molecule has 2 aliphatic carbocycles. The second-order valence-corrected chi connectivity index (χ2v) is 26.3. The Morgan fingerprint density at radius 3 is 1.71 bits per heavy atom. The predicted molar refractivity (Wildman–Crippen MR) is 257 cm³/mol. The number of ether oxygens (including phenoxy) is 2. The summed E-state index contributed by atoms with van der Waals surface area (Å²) in [4.78, 5) is 29.6. The van der Waals surface area contributed by atoms with Gasteiger partial charge in [0.05, 0.1) is 34.0 Å². The van der Waals surface area contributed by atoms with Crippen LogP contribution in [0.5, 0.6) is 0 Å². The quantitative estimate of drug-likeness (QED) is 0.159. The van der Waals surface area contributed by atoms with Crippen molar-refractivity contribution in [2.75, 3.05) is 52.6 Å². The van der Waals surface area contributed by atoms with Crippen molar-refractivity contribution in [3.63, 3.8) is 0 Å². The Morgan fingerprint density at radius 1 is 0.667 bits per heavy atom. The van der Waals surface area contributed by atoms with E-state index in [1.165, 1.54) is 120 Å². The minimum atomic E-state index is -1.80. The van der Waals surface area contributed by atoms with Crippen LogP contribution in [-0.4, -0.2) is 117 Å². The maximum Gasteiger partial charge on any atom is 1.00 e. The van der Waals surface area contributed by atoms with E-state index in [4.69, 9.17) is 19.4 Å². The van der Waals surface area contributed by atoms with E-state index >= 15 is 0 Å². The number of nitrogens with zero attached hydrogens (tertiary/aromatic N) is 7. The second kappa shape index (κ2) is 21.5. The van der Waals surface area contributed by atoms with E-state index in [1.54, 1.807) is 22.7 Å². The third kappa shape index (κ3) is 10.8. The monoisotopic (exact) mass is 918 g/mol. The number of H-pyrrole nitrogens is 1. The third-order valence-corrected chi connectivity index (χ3v) is 21.8. The molecule has 0 amide bonds. The van der Waals surface area contributed by atoms with E-state index in [2.05, 4.69) is 99.8 Å². The number of pyridine rings is 2. The van der Waals surface area contributed by atoms with E-state index in [0.717, 1.165) is 62.9 Å². The van der Waals surface area contributed by atoms with E-state index in [9.17, 15) is 0 Å². The Labute approximate surface area is 405 Å². The molecule has 0 unspecified atom stereocenters. The summed E-state index contributed by atoms with van der Waals surface area (Å²) in [5.74, 6) is 1.24. The van der Waals surface area contributed by atoms with Crippen molar-refractivity contribution in [1.29, 1.82) is 0 Å². The number of aromatic nitrogens is 6. The molecule has 4 fully saturated rings. The third-order valence-electron chi connectivity index (χ3n) is 14.9. The van der Waals surface area contributed by atoms with Crippen LogP contribution in [0.2, 0.25) is 18.1 Å². The van der Waals surface area contributed by atoms with Gasteiger partial charge >= 0.3 is 29.6 Å². The molecule has 2 N–H and O–H groups in total. The van der Waals surface area contributed by atoms with Crippen molar-refractivity contribution in [1.82, 2.24) is 39.0 Å². The molecule has 63 heavy (non-hydrogen) atoms. The van der Waals surface area contributed by atoms with Crippen molar-refractivity contribution in [2.45, 2.75) is 127 Å². The number of hydrogen-bond acceptors (Lipinski definition) is 11. The number of thiazole rings is 2. The van der Waals surface area contributed by atoms with Crippen LogP contribution in [0.25, 0.3) is 42.9 Å². The summed E-state index contributed by atoms with van der Waals surface area (Å²) in [5, 5.41) is 2.77. The first-order valence-electron chi connectivity index (χ1n) is 23.0. The largest absolute Gasteiger partial charge is 1.00 e. The minimum Gasteiger partial charge on any atom is -0.870 e. The summed E-state index contributed by atoms with van der Waals surface area (Å²) in [7, 11) is -1.80. The van der Waals surface area contributed by atoms with Gasteiger partial charge in [0.2, 0.25) is 0 Å². The van der Waals surface area contributed by atoms with Crippen LogP contribution in [0.3, 0.4) is 0 Å². The summed E-state index contributed by atoms with van der Waals surface area (Å²) < 4.78 is 13.8. The molecule has 2 saturated heterocycles. The molecule has 10 rings (SSSR count). The van der Waals surface area contributed by atoms with Gasteiger partial charge in [0.15, 0.2) is 8.24 Å². The molecule has 4 aliphatic rings. The van der Waals surface area contributed by atoms with Gasteiger partial charge in [0, 0.05) is 111 Å². The fraction of sp³-hybridized carbons (Fsp3) is 0.583. The number of nitrogens with one attached hydrogen (secondary N) is 1. The molecule has 11 nitrogen and oxygen atoms in total. The van der Waals surface area contributed by atoms with Gasteiger partial charge < -0.3 is 24.2 Å². The summed E-state index contributed by atoms with van der Waals surface area (Å²) in [5.41, 5.74) is 11.3. The van der Waals surface area contributed by atoms with Gasteiger partial charge in [-0.3, -0.25) is 19.8 Å². The van der Waals surface area contributed by atoms with Crippen LogP contribution in [-0.2, 0) is 9.47 Å². The van der Waals surface area contributed by atoms with Gasteiger partial charge in [-0.05, 0) is 104 Å². The summed E-state index contributed by atoms with van der Waals surface area (Å²) in [6, 6.07) is 6.28. The Hall–Kier alpha value is -2.34. The molecule has 2 saturated carbocycles. The van der Waals surface area contributed by atoms with E-state index in [-0.39, 0.29) is 40.1 Å². The first-order valence-corrected chi connectivity index (χ1v) is 27.7. The zero-order chi connectivity index (χ0) is 42.0. The van der Waals surface area contributed by atoms with Crippen LogP contribution in [0, 0.1) is 0 Å². The van der Waals surface area contributed by atoms with Crippen LogP contribution in [0.1, 0.15) is 108 Å². The van der Waals surface area contributed by atoms with Crippen molar-refractivity contribution in [3.8, 4) is 20.9 Å². The van der Waals surface area contributed by atoms with Crippen molar-refractivity contribution < 1.29 is 44.5 Å². The van der Waals surface area contributed by atoms with E-state index in [0.29, 0.717) is 11.8 Å². The number of aromatic amines is 1. The topological polar surface area (TPSA) is 127 Å². The molecule has 2 aliphatic heterocycles. The maximum absolute atomic E-state index is 5.68. The van der Waals surface area contributed by atoms with Gasteiger partial charge in [-0.25, -0.2) is 9.97 Å². The molecule has 334 valence electrons. The van der Waals surface area contributed by atoms with Crippen molar-refractivity contribution in [3.05, 3.63) is 71.5 Å². The molecule has 0 atom stereocenters. The average molecular weight is 919 g/mol. The standard InChI is InChI=1S/C27H40N4OSSi.C21H26N4OS.Na.H2O/c1-27(2,3)34(4,5)31-18-24(25-17-28-19-33-25)23-15-21(16-29-26(23)31)20-7-9-22(10-8-20)30-11-6-13-32-14-12-30;1-6-25(7-9-26-8-1)17-4-2-15(3-5-17)16-10-18-19(20-13-22-14-27-20)12-24-21(18)23-11-16;;/h15-20,22H,6-14H2,1-5H3;10-15,17H,1-9H2,(H,23,24);;1H2/q;;+1;/p-1. The van der Waals surface area contributed by atoms with Crippen LogP contribution >= 0.6 is 22.7 Å². The fourth-order valence-electron chi connectivity index (χ4n) is 10.3. The van der Waals surface area contributed by atoms with Crippen LogP contribution in [0.4, 0.5) is 0 Å². The fourth-order valence-corrected chi connectivity index (χ4v) is 13.5. The number of hydrogen-bond donors (Lipinski definition) is 1. The van der Waals surface area contributed by atoms with Gasteiger partial charge in [-0.15, -0.1) is 22.7 Å². The summed E-state index contributed by atoms with van der Waals surface area (Å²) in [6.07, 6.45) is 25.2. The smallest absolute Gasteiger partial charge is 0.870 e. The number of fused-ring (bicyclic) bond motifs is 2. The molecular weight excluding hydrogens is 852 g/mol. The molecule has 6 aromatic rings. The molecule has 0 aromatic carbocycles. The van der Waals surface area contributed by atoms with Crippen LogP contribution in [0.15, 0.2) is 60.3 Å². The normalized spacial score (nSPS) is 23.3. The number of rotatable bonds is 7. The van der Waals surface area contributed by atoms with Crippen molar-refractivity contribution >= 4 is 53.0 Å². The molecular formula is C48H67N8NaO3S2Si. The molecule has 6 aromatic heterocycles. The first kappa shape index (κ1) is 48.6. The molecule has 0 spiro atoms. The Morgan fingerprint density at radius 2 is 1.19 bits per heavy atom.